The number of thiophene rings is 1. The molecule has 0 spiro atoms. The minimum absolute atomic E-state index is 0.330. The third-order valence-electron chi connectivity index (χ3n) is 4.86. The molecular formula is C22H26N2O5S. The lowest BCUT2D eigenvalue weighted by atomic mass is 10.1. The van der Waals surface area contributed by atoms with E-state index in [-0.39, 0.29) is 0 Å². The van der Waals surface area contributed by atoms with Gasteiger partial charge in [-0.25, -0.2) is 4.79 Å². The van der Waals surface area contributed by atoms with E-state index in [1.807, 2.05) is 0 Å². The lowest BCUT2D eigenvalue weighted by Gasteiger charge is -2.08. The summed E-state index contributed by atoms with van der Waals surface area (Å²) in [6, 6.07) is 6.61. The van der Waals surface area contributed by atoms with Crippen LogP contribution < -0.4 is 15.8 Å². The minimum atomic E-state index is -0.605. The van der Waals surface area contributed by atoms with E-state index in [0.717, 1.165) is 49.0 Å². The van der Waals surface area contributed by atoms with Gasteiger partial charge < -0.3 is 20.5 Å². The van der Waals surface area contributed by atoms with E-state index in [1.54, 1.807) is 24.3 Å². The summed E-state index contributed by atoms with van der Waals surface area (Å²) >= 11 is 1.36. The summed E-state index contributed by atoms with van der Waals surface area (Å²) in [5.41, 5.74) is 7.12. The zero-order valence-electron chi connectivity index (χ0n) is 17.0. The minimum Gasteiger partial charge on any atom is -0.494 e. The van der Waals surface area contributed by atoms with Crippen LogP contribution in [0, 0.1) is 0 Å². The number of hydrogen-bond donors (Lipinski definition) is 2. The lowest BCUT2D eigenvalue weighted by Crippen LogP contribution is -2.22. The van der Waals surface area contributed by atoms with Crippen LogP contribution >= 0.6 is 11.3 Å². The fourth-order valence-corrected chi connectivity index (χ4v) is 4.67. The maximum atomic E-state index is 12.2. The summed E-state index contributed by atoms with van der Waals surface area (Å²) in [5.74, 6) is -0.989. The number of unbranched alkanes of at least 4 members (excludes halogenated alkanes) is 2. The second-order valence-corrected chi connectivity index (χ2v) is 8.24. The Hall–Kier alpha value is -2.87. The smallest absolute Gasteiger partial charge is 0.338 e. The van der Waals surface area contributed by atoms with E-state index >= 15 is 0 Å². The van der Waals surface area contributed by atoms with Crippen LogP contribution in [0.3, 0.4) is 0 Å². The van der Waals surface area contributed by atoms with Crippen molar-refractivity contribution in [3.8, 4) is 5.75 Å². The van der Waals surface area contributed by atoms with E-state index < -0.39 is 24.4 Å². The number of amides is 2. The molecule has 30 heavy (non-hydrogen) atoms. The normalized spacial score (nSPS) is 12.3. The number of carbonyl (C=O) groups excluding carboxylic acids is 3. The molecule has 1 aromatic heterocycles. The first-order chi connectivity index (χ1) is 14.5. The third-order valence-corrected chi connectivity index (χ3v) is 6.07. The highest BCUT2D eigenvalue weighted by atomic mass is 32.1. The molecule has 8 heteroatoms. The molecule has 0 saturated carbocycles. The predicted octanol–water partition coefficient (Wildman–Crippen LogP) is 3.70. The molecule has 0 bridgehead atoms. The number of esters is 1. The number of anilines is 1. The Bertz CT molecular complexity index is 920. The van der Waals surface area contributed by atoms with Gasteiger partial charge in [0.25, 0.3) is 11.8 Å². The predicted molar refractivity (Wildman–Crippen MR) is 115 cm³/mol. The highest BCUT2D eigenvalue weighted by Gasteiger charge is 2.26. The molecule has 0 fully saturated rings. The Labute approximate surface area is 179 Å². The zero-order valence-corrected chi connectivity index (χ0v) is 17.8. The lowest BCUT2D eigenvalue weighted by molar-refractivity contribution is -0.119. The van der Waals surface area contributed by atoms with Crippen LogP contribution in [-0.4, -0.2) is 31.0 Å². The molecule has 0 saturated heterocycles. The van der Waals surface area contributed by atoms with Crippen molar-refractivity contribution in [1.29, 1.82) is 0 Å². The van der Waals surface area contributed by atoms with E-state index in [2.05, 4.69) is 12.2 Å². The number of fused-ring (bicyclic) bond motifs is 1. The standard InChI is InChI=1S/C22H26N2O5S/c1-2-3-4-12-28-15-10-8-14(9-11-15)22(27)29-13-18(25)24-21-19(20(23)26)16-6-5-7-17(16)30-21/h8-11H,2-7,12-13H2,1H3,(H2,23,26)(H,24,25). The molecule has 0 atom stereocenters. The molecule has 0 aliphatic heterocycles. The second kappa shape index (κ2) is 10.2. The number of nitrogens with one attached hydrogen (secondary N) is 1. The largest absolute Gasteiger partial charge is 0.494 e. The first-order valence-corrected chi connectivity index (χ1v) is 11.0. The monoisotopic (exact) mass is 430 g/mol. The summed E-state index contributed by atoms with van der Waals surface area (Å²) in [5, 5.41) is 3.08. The van der Waals surface area contributed by atoms with Crippen LogP contribution in [0.2, 0.25) is 0 Å². The molecule has 1 aliphatic carbocycles. The Balaban J connectivity index is 1.50. The van der Waals surface area contributed by atoms with Gasteiger partial charge in [-0.15, -0.1) is 11.3 Å². The van der Waals surface area contributed by atoms with E-state index in [4.69, 9.17) is 15.2 Å². The van der Waals surface area contributed by atoms with E-state index in [0.29, 0.717) is 28.5 Å². The third kappa shape index (κ3) is 5.38. The fraction of sp³-hybridized carbons (Fsp3) is 0.409. The van der Waals surface area contributed by atoms with Gasteiger partial charge in [-0.2, -0.15) is 0 Å². The van der Waals surface area contributed by atoms with Crippen LogP contribution in [0.15, 0.2) is 24.3 Å². The van der Waals surface area contributed by atoms with Gasteiger partial charge in [0.05, 0.1) is 17.7 Å². The first kappa shape index (κ1) is 21.8. The molecule has 1 aromatic carbocycles. The molecule has 0 radical (unpaired) electrons. The number of rotatable bonds is 10. The van der Waals surface area contributed by atoms with Gasteiger partial charge in [-0.1, -0.05) is 19.8 Å². The van der Waals surface area contributed by atoms with E-state index in [1.165, 1.54) is 11.3 Å². The highest BCUT2D eigenvalue weighted by Crippen LogP contribution is 2.38. The SMILES string of the molecule is CCCCCOc1ccc(C(=O)OCC(=O)Nc2sc3c(c2C(N)=O)CCC3)cc1. The van der Waals surface area contributed by atoms with Crippen molar-refractivity contribution in [3.05, 3.63) is 45.8 Å². The van der Waals surface area contributed by atoms with Gasteiger partial charge in [0.1, 0.15) is 10.8 Å². The van der Waals surface area contributed by atoms with Crippen molar-refractivity contribution in [1.82, 2.24) is 0 Å². The first-order valence-electron chi connectivity index (χ1n) is 10.1. The maximum Gasteiger partial charge on any atom is 0.338 e. The zero-order chi connectivity index (χ0) is 21.5. The van der Waals surface area contributed by atoms with Crippen molar-refractivity contribution < 1.29 is 23.9 Å². The molecular weight excluding hydrogens is 404 g/mol. The molecule has 0 unspecified atom stereocenters. The maximum absolute atomic E-state index is 12.2. The van der Waals surface area contributed by atoms with Gasteiger partial charge >= 0.3 is 5.97 Å². The average molecular weight is 431 g/mol. The molecule has 1 aliphatic rings. The van der Waals surface area contributed by atoms with Gasteiger partial charge in [-0.3, -0.25) is 9.59 Å². The summed E-state index contributed by atoms with van der Waals surface area (Å²) in [6.45, 7) is 2.32. The van der Waals surface area contributed by atoms with Gasteiger partial charge in [0, 0.05) is 4.88 Å². The molecule has 160 valence electrons. The number of carbonyl (C=O) groups is 3. The van der Waals surface area contributed by atoms with Crippen molar-refractivity contribution >= 4 is 34.1 Å². The topological polar surface area (TPSA) is 108 Å². The molecule has 2 aromatic rings. The summed E-state index contributed by atoms with van der Waals surface area (Å²) in [6.07, 6.45) is 5.87. The number of ether oxygens (including phenoxy) is 2. The summed E-state index contributed by atoms with van der Waals surface area (Å²) < 4.78 is 10.7. The van der Waals surface area contributed by atoms with Crippen LogP contribution in [-0.2, 0) is 22.4 Å². The molecule has 3 rings (SSSR count). The average Bonchev–Trinajstić information content (AvgIpc) is 3.30. The second-order valence-electron chi connectivity index (χ2n) is 7.13. The Morgan fingerprint density at radius 3 is 2.60 bits per heavy atom. The van der Waals surface area contributed by atoms with Crippen LogP contribution in [0.25, 0.3) is 0 Å². The molecule has 3 N–H and O–H groups in total. The summed E-state index contributed by atoms with van der Waals surface area (Å²) in [7, 11) is 0. The Kier molecular flexibility index (Phi) is 7.46. The number of benzene rings is 1. The molecule has 2 amide bonds. The van der Waals surface area contributed by atoms with Gasteiger partial charge in [0.2, 0.25) is 0 Å². The highest BCUT2D eigenvalue weighted by molar-refractivity contribution is 7.17. The van der Waals surface area contributed by atoms with Crippen LogP contribution in [0.5, 0.6) is 5.75 Å². The van der Waals surface area contributed by atoms with Crippen molar-refractivity contribution in [3.63, 3.8) is 0 Å². The van der Waals surface area contributed by atoms with Crippen molar-refractivity contribution in [2.24, 2.45) is 5.73 Å². The number of nitrogens with two attached hydrogens (primary N) is 1. The van der Waals surface area contributed by atoms with Crippen LogP contribution in [0.4, 0.5) is 5.00 Å². The van der Waals surface area contributed by atoms with E-state index in [9.17, 15) is 14.4 Å². The number of aryl methyl sites for hydroxylation is 1. The Morgan fingerprint density at radius 1 is 1.13 bits per heavy atom. The Morgan fingerprint density at radius 2 is 1.90 bits per heavy atom. The van der Waals surface area contributed by atoms with Crippen molar-refractivity contribution in [2.75, 3.05) is 18.5 Å². The molecule has 1 heterocycles. The van der Waals surface area contributed by atoms with Crippen molar-refractivity contribution in [2.45, 2.75) is 45.4 Å². The number of hydrogen-bond acceptors (Lipinski definition) is 6. The molecule has 7 nitrogen and oxygen atoms in total. The van der Waals surface area contributed by atoms with Gasteiger partial charge in [-0.05, 0) is 55.5 Å². The van der Waals surface area contributed by atoms with Crippen LogP contribution in [0.1, 0.15) is 63.8 Å². The fourth-order valence-electron chi connectivity index (χ4n) is 3.36. The quantitative estimate of drug-likeness (QED) is 0.441. The number of primary amides is 1. The summed E-state index contributed by atoms with van der Waals surface area (Å²) in [4.78, 5) is 37.3. The van der Waals surface area contributed by atoms with Gasteiger partial charge in [0.15, 0.2) is 6.61 Å².